The highest BCUT2D eigenvalue weighted by atomic mass is 32.1. The number of allylic oxidation sites excluding steroid dienone is 2. The molecule has 2 heterocycles. The third-order valence-electron chi connectivity index (χ3n) is 5.59. The average molecular weight is 358 g/mol. The van der Waals surface area contributed by atoms with Crippen LogP contribution in [0.5, 0.6) is 0 Å². The minimum Gasteiger partial charge on any atom is -0.258 e. The monoisotopic (exact) mass is 357 g/mol. The minimum absolute atomic E-state index is 0.433. The van der Waals surface area contributed by atoms with Crippen LogP contribution in [-0.4, -0.2) is 17.4 Å². The third-order valence-corrected chi connectivity index (χ3v) is 7.33. The lowest BCUT2D eigenvalue weighted by Gasteiger charge is -2.55. The zero-order chi connectivity index (χ0) is 16.7. The van der Waals surface area contributed by atoms with E-state index in [1.54, 1.807) is 22.7 Å². The Balaban J connectivity index is 1.71. The molecule has 0 radical (unpaired) electrons. The number of thiazole rings is 1. The lowest BCUT2D eigenvalue weighted by molar-refractivity contribution is -0.00126. The fraction of sp³-hybridized carbons (Fsp3) is 0.474. The number of fused-ring (bicyclic) bond motifs is 1. The molecule has 3 aliphatic carbocycles. The molecule has 2 atom stereocenters. The van der Waals surface area contributed by atoms with Crippen LogP contribution in [0.3, 0.4) is 0 Å². The number of rotatable bonds is 4. The number of thiophene rings is 1. The second kappa shape index (κ2) is 6.12. The standard InChI is InChI=1S/C19H23N3S2/c1-4-20-18-22(16(12-24-18)17-6-5-9-23-17)21-11-13-7-8-14-10-15(13)19(14,2)3/h5-7,9,11-12,14-15H,4,8,10H2,1-3H3. The summed E-state index contributed by atoms with van der Waals surface area (Å²) in [6.45, 7) is 7.65. The molecule has 2 bridgehead atoms. The fourth-order valence-corrected chi connectivity index (χ4v) is 5.61. The van der Waals surface area contributed by atoms with Crippen molar-refractivity contribution in [2.45, 2.75) is 33.6 Å². The van der Waals surface area contributed by atoms with Gasteiger partial charge in [-0.3, -0.25) is 4.99 Å². The van der Waals surface area contributed by atoms with Crippen LogP contribution in [0, 0.1) is 17.3 Å². The van der Waals surface area contributed by atoms with E-state index in [2.05, 4.69) is 60.9 Å². The van der Waals surface area contributed by atoms with Gasteiger partial charge in [0, 0.05) is 11.9 Å². The predicted molar refractivity (Wildman–Crippen MR) is 104 cm³/mol. The van der Waals surface area contributed by atoms with Gasteiger partial charge in [-0.25, -0.2) is 4.68 Å². The van der Waals surface area contributed by atoms with E-state index < -0.39 is 0 Å². The van der Waals surface area contributed by atoms with Crippen molar-refractivity contribution in [1.29, 1.82) is 0 Å². The fourth-order valence-electron chi connectivity index (χ4n) is 3.92. The van der Waals surface area contributed by atoms with E-state index in [4.69, 9.17) is 5.10 Å². The van der Waals surface area contributed by atoms with Crippen LogP contribution >= 0.6 is 22.7 Å². The minimum atomic E-state index is 0.433. The Bertz CT molecular complexity index is 850. The van der Waals surface area contributed by atoms with Crippen LogP contribution in [0.4, 0.5) is 0 Å². The maximum Gasteiger partial charge on any atom is 0.206 e. The summed E-state index contributed by atoms with van der Waals surface area (Å²) in [5.41, 5.74) is 2.98. The first-order valence-electron chi connectivity index (χ1n) is 8.60. The van der Waals surface area contributed by atoms with Crippen LogP contribution in [-0.2, 0) is 0 Å². The molecule has 1 saturated carbocycles. The van der Waals surface area contributed by atoms with Gasteiger partial charge >= 0.3 is 0 Å². The van der Waals surface area contributed by atoms with Gasteiger partial charge in [-0.2, -0.15) is 5.10 Å². The molecular formula is C19H23N3S2. The highest BCUT2D eigenvalue weighted by molar-refractivity contribution is 7.14. The Labute approximate surface area is 151 Å². The molecule has 0 spiro atoms. The molecule has 24 heavy (non-hydrogen) atoms. The van der Waals surface area contributed by atoms with E-state index in [1.807, 2.05) is 4.68 Å². The molecule has 1 fully saturated rings. The van der Waals surface area contributed by atoms with Crippen molar-refractivity contribution in [1.82, 2.24) is 4.68 Å². The van der Waals surface area contributed by atoms with Crippen LogP contribution in [0.1, 0.15) is 33.6 Å². The lowest BCUT2D eigenvalue weighted by atomic mass is 9.49. The third kappa shape index (κ3) is 2.54. The molecule has 0 aromatic carbocycles. The summed E-state index contributed by atoms with van der Waals surface area (Å²) < 4.78 is 2.01. The largest absolute Gasteiger partial charge is 0.258 e. The van der Waals surface area contributed by atoms with Crippen molar-refractivity contribution in [3.05, 3.63) is 39.3 Å². The summed E-state index contributed by atoms with van der Waals surface area (Å²) in [5, 5.41) is 9.12. The molecular weight excluding hydrogens is 334 g/mol. The summed E-state index contributed by atoms with van der Waals surface area (Å²) in [4.78, 5) is 6.82. The van der Waals surface area contributed by atoms with Gasteiger partial charge in [-0.1, -0.05) is 26.0 Å². The summed E-state index contributed by atoms with van der Waals surface area (Å²) in [6.07, 6.45) is 6.99. The Morgan fingerprint density at radius 1 is 1.38 bits per heavy atom. The lowest BCUT2D eigenvalue weighted by Crippen LogP contribution is -2.48. The molecule has 0 saturated heterocycles. The predicted octanol–water partition coefficient (Wildman–Crippen LogP) is 5.03. The molecule has 0 aliphatic heterocycles. The molecule has 2 unspecified atom stereocenters. The second-order valence-electron chi connectivity index (χ2n) is 7.16. The van der Waals surface area contributed by atoms with E-state index in [9.17, 15) is 0 Å². The first-order chi connectivity index (χ1) is 11.6. The average Bonchev–Trinajstić information content (AvgIpc) is 3.22. The molecule has 3 nitrogen and oxygen atoms in total. The molecule has 2 aromatic rings. The molecule has 0 amide bonds. The maximum atomic E-state index is 4.85. The first kappa shape index (κ1) is 16.0. The highest BCUT2D eigenvalue weighted by Gasteiger charge is 2.50. The molecule has 5 rings (SSSR count). The zero-order valence-corrected chi connectivity index (χ0v) is 16.0. The van der Waals surface area contributed by atoms with Crippen LogP contribution in [0.2, 0.25) is 0 Å². The number of aromatic nitrogens is 1. The van der Waals surface area contributed by atoms with E-state index in [-0.39, 0.29) is 0 Å². The van der Waals surface area contributed by atoms with Crippen molar-refractivity contribution in [2.24, 2.45) is 27.3 Å². The number of hydrogen-bond acceptors (Lipinski definition) is 4. The van der Waals surface area contributed by atoms with Crippen molar-refractivity contribution in [3.63, 3.8) is 0 Å². The Morgan fingerprint density at radius 3 is 2.92 bits per heavy atom. The van der Waals surface area contributed by atoms with Gasteiger partial charge in [0.25, 0.3) is 0 Å². The highest BCUT2D eigenvalue weighted by Crippen LogP contribution is 2.58. The van der Waals surface area contributed by atoms with Crippen molar-refractivity contribution in [3.8, 4) is 10.6 Å². The van der Waals surface area contributed by atoms with Crippen molar-refractivity contribution >= 4 is 28.9 Å². The Kier molecular flexibility index (Phi) is 4.09. The molecule has 3 aliphatic rings. The molecule has 5 heteroatoms. The Morgan fingerprint density at radius 2 is 2.25 bits per heavy atom. The summed E-state index contributed by atoms with van der Waals surface area (Å²) >= 11 is 3.41. The van der Waals surface area contributed by atoms with Gasteiger partial charge in [0.2, 0.25) is 4.80 Å². The maximum absolute atomic E-state index is 4.85. The van der Waals surface area contributed by atoms with Gasteiger partial charge in [0.1, 0.15) is 0 Å². The van der Waals surface area contributed by atoms with Crippen molar-refractivity contribution in [2.75, 3.05) is 6.54 Å². The van der Waals surface area contributed by atoms with Crippen LogP contribution in [0.15, 0.2) is 44.6 Å². The van der Waals surface area contributed by atoms with E-state index >= 15 is 0 Å². The van der Waals surface area contributed by atoms with Gasteiger partial charge in [0.05, 0.1) is 16.8 Å². The van der Waals surface area contributed by atoms with Crippen LogP contribution < -0.4 is 4.80 Å². The topological polar surface area (TPSA) is 29.6 Å². The molecule has 0 N–H and O–H groups in total. The SMILES string of the molecule is CCN=c1scc(-c2cccs2)n1N=CC1=CCC2CC1C2(C)C. The van der Waals surface area contributed by atoms with E-state index in [0.717, 1.165) is 23.0 Å². The van der Waals surface area contributed by atoms with Gasteiger partial charge in [0.15, 0.2) is 0 Å². The van der Waals surface area contributed by atoms with Crippen molar-refractivity contribution < 1.29 is 0 Å². The summed E-state index contributed by atoms with van der Waals surface area (Å²) in [5.74, 6) is 1.52. The molecule has 2 aromatic heterocycles. The first-order valence-corrected chi connectivity index (χ1v) is 10.4. The second-order valence-corrected chi connectivity index (χ2v) is 8.94. The smallest absolute Gasteiger partial charge is 0.206 e. The van der Waals surface area contributed by atoms with Gasteiger partial charge < -0.3 is 0 Å². The normalized spacial score (nSPS) is 25.8. The summed E-state index contributed by atoms with van der Waals surface area (Å²) in [7, 11) is 0. The Hall–Kier alpha value is -1.46. The zero-order valence-electron chi connectivity index (χ0n) is 14.4. The van der Waals surface area contributed by atoms with Crippen LogP contribution in [0.25, 0.3) is 10.6 Å². The quantitative estimate of drug-likeness (QED) is 0.687. The number of nitrogens with zero attached hydrogens (tertiary/aromatic N) is 3. The number of hydrogen-bond donors (Lipinski definition) is 0. The van der Waals surface area contributed by atoms with E-state index in [1.165, 1.54) is 23.3 Å². The van der Waals surface area contributed by atoms with E-state index in [0.29, 0.717) is 11.3 Å². The summed E-state index contributed by atoms with van der Waals surface area (Å²) in [6, 6.07) is 4.23. The molecule has 126 valence electrons. The van der Waals surface area contributed by atoms with Gasteiger partial charge in [-0.15, -0.1) is 22.7 Å². The van der Waals surface area contributed by atoms with Gasteiger partial charge in [-0.05, 0) is 54.0 Å².